The van der Waals surface area contributed by atoms with E-state index in [4.69, 9.17) is 16.7 Å². The first-order valence-electron chi connectivity index (χ1n) is 4.30. The Balaban J connectivity index is 2.44. The molecule has 2 aromatic rings. The highest BCUT2D eigenvalue weighted by atomic mass is 127. The number of halogens is 2. The van der Waals surface area contributed by atoms with Gasteiger partial charge in [0.15, 0.2) is 0 Å². The third kappa shape index (κ3) is 2.50. The van der Waals surface area contributed by atoms with Crippen molar-refractivity contribution in [2.75, 3.05) is 0 Å². The summed E-state index contributed by atoms with van der Waals surface area (Å²) >= 11 is 8.14. The van der Waals surface area contributed by atoms with Crippen LogP contribution in [0.15, 0.2) is 24.4 Å². The lowest BCUT2D eigenvalue weighted by Gasteiger charge is -1.99. The van der Waals surface area contributed by atoms with E-state index in [9.17, 15) is 0 Å². The standard InChI is InChI=1S/C10H8ClIN2O/c11-7-1-6(2-8(12)3-7)10-13-4-9(5-15)14-10/h1-4,15H,5H2,(H,13,14). The number of nitrogens with zero attached hydrogens (tertiary/aromatic N) is 1. The van der Waals surface area contributed by atoms with E-state index >= 15 is 0 Å². The van der Waals surface area contributed by atoms with E-state index in [0.29, 0.717) is 10.7 Å². The van der Waals surface area contributed by atoms with Crippen molar-refractivity contribution >= 4 is 34.2 Å². The summed E-state index contributed by atoms with van der Waals surface area (Å²) in [5.41, 5.74) is 1.62. The van der Waals surface area contributed by atoms with E-state index in [1.807, 2.05) is 18.2 Å². The predicted octanol–water partition coefficient (Wildman–Crippen LogP) is 2.83. The van der Waals surface area contributed by atoms with Crippen LogP contribution >= 0.6 is 34.2 Å². The van der Waals surface area contributed by atoms with Gasteiger partial charge >= 0.3 is 0 Å². The fourth-order valence-corrected chi connectivity index (χ4v) is 2.37. The fourth-order valence-electron chi connectivity index (χ4n) is 1.28. The number of benzene rings is 1. The van der Waals surface area contributed by atoms with Crippen molar-refractivity contribution in [2.45, 2.75) is 6.61 Å². The minimum Gasteiger partial charge on any atom is -0.390 e. The zero-order valence-electron chi connectivity index (χ0n) is 7.67. The molecule has 0 aliphatic rings. The first-order valence-corrected chi connectivity index (χ1v) is 5.76. The number of H-pyrrole nitrogens is 1. The number of hydrogen-bond acceptors (Lipinski definition) is 2. The number of imidazole rings is 1. The van der Waals surface area contributed by atoms with E-state index in [-0.39, 0.29) is 6.61 Å². The molecule has 78 valence electrons. The van der Waals surface area contributed by atoms with Crippen LogP contribution in [0.2, 0.25) is 5.02 Å². The van der Waals surface area contributed by atoms with Gasteiger partial charge in [0, 0.05) is 14.2 Å². The van der Waals surface area contributed by atoms with Gasteiger partial charge in [0.2, 0.25) is 0 Å². The Morgan fingerprint density at radius 1 is 1.40 bits per heavy atom. The van der Waals surface area contributed by atoms with Crippen molar-refractivity contribution < 1.29 is 5.11 Å². The Labute approximate surface area is 106 Å². The zero-order valence-corrected chi connectivity index (χ0v) is 10.6. The lowest BCUT2D eigenvalue weighted by molar-refractivity contribution is 0.277. The molecular formula is C10H8ClIN2O. The molecule has 0 radical (unpaired) electrons. The molecule has 0 bridgehead atoms. The summed E-state index contributed by atoms with van der Waals surface area (Å²) in [6.07, 6.45) is 1.61. The van der Waals surface area contributed by atoms with Crippen LogP contribution in [0, 0.1) is 3.57 Å². The number of hydrogen-bond donors (Lipinski definition) is 2. The number of nitrogens with one attached hydrogen (secondary N) is 1. The van der Waals surface area contributed by atoms with Crippen LogP contribution in [0.25, 0.3) is 11.4 Å². The van der Waals surface area contributed by atoms with Crippen LogP contribution in [0.3, 0.4) is 0 Å². The van der Waals surface area contributed by atoms with Crippen molar-refractivity contribution in [1.82, 2.24) is 9.97 Å². The smallest absolute Gasteiger partial charge is 0.137 e. The van der Waals surface area contributed by atoms with Crippen LogP contribution in [-0.2, 0) is 6.61 Å². The minimum absolute atomic E-state index is 0.0370. The second kappa shape index (κ2) is 4.51. The lowest BCUT2D eigenvalue weighted by Crippen LogP contribution is -1.84. The van der Waals surface area contributed by atoms with E-state index in [1.54, 1.807) is 6.20 Å². The molecule has 0 spiro atoms. The van der Waals surface area contributed by atoms with Gasteiger partial charge in [0.1, 0.15) is 5.82 Å². The molecule has 0 aliphatic heterocycles. The van der Waals surface area contributed by atoms with Gasteiger partial charge in [0.25, 0.3) is 0 Å². The van der Waals surface area contributed by atoms with Gasteiger partial charge in [-0.1, -0.05) is 11.6 Å². The molecule has 1 aromatic carbocycles. The molecule has 0 fully saturated rings. The van der Waals surface area contributed by atoms with E-state index in [2.05, 4.69) is 32.6 Å². The SMILES string of the molecule is OCc1cnc(-c2cc(Cl)cc(I)c2)[nH]1. The van der Waals surface area contributed by atoms with Crippen LogP contribution in [0.1, 0.15) is 5.69 Å². The molecular weight excluding hydrogens is 326 g/mol. The van der Waals surface area contributed by atoms with Gasteiger partial charge in [-0.05, 0) is 40.8 Å². The Morgan fingerprint density at radius 2 is 2.20 bits per heavy atom. The van der Waals surface area contributed by atoms with Gasteiger partial charge in [-0.15, -0.1) is 0 Å². The summed E-state index contributed by atoms with van der Waals surface area (Å²) in [6.45, 7) is -0.0370. The second-order valence-electron chi connectivity index (χ2n) is 3.07. The van der Waals surface area contributed by atoms with Gasteiger partial charge in [-0.25, -0.2) is 4.98 Å². The molecule has 0 saturated carbocycles. The maximum atomic E-state index is 8.91. The molecule has 0 aliphatic carbocycles. The predicted molar refractivity (Wildman–Crippen MR) is 67.7 cm³/mol. The van der Waals surface area contributed by atoms with Crippen LogP contribution in [-0.4, -0.2) is 15.1 Å². The van der Waals surface area contributed by atoms with Gasteiger partial charge < -0.3 is 10.1 Å². The summed E-state index contributed by atoms with van der Waals surface area (Å²) in [4.78, 5) is 7.17. The maximum Gasteiger partial charge on any atom is 0.137 e. The normalized spacial score (nSPS) is 10.6. The van der Waals surface area contributed by atoms with Crippen LogP contribution in [0.5, 0.6) is 0 Å². The number of aliphatic hydroxyl groups excluding tert-OH is 1. The van der Waals surface area contributed by atoms with Gasteiger partial charge in [-0.3, -0.25) is 0 Å². The van der Waals surface area contributed by atoms with Crippen molar-refractivity contribution in [1.29, 1.82) is 0 Å². The van der Waals surface area contributed by atoms with Crippen LogP contribution in [0.4, 0.5) is 0 Å². The van der Waals surface area contributed by atoms with E-state index in [0.717, 1.165) is 15.0 Å². The molecule has 2 N–H and O–H groups in total. The van der Waals surface area contributed by atoms with Gasteiger partial charge in [0.05, 0.1) is 18.5 Å². The van der Waals surface area contributed by atoms with Crippen molar-refractivity contribution in [3.63, 3.8) is 0 Å². The monoisotopic (exact) mass is 334 g/mol. The van der Waals surface area contributed by atoms with Gasteiger partial charge in [-0.2, -0.15) is 0 Å². The summed E-state index contributed by atoms with van der Waals surface area (Å²) in [7, 11) is 0. The quantitative estimate of drug-likeness (QED) is 0.830. The number of aromatic nitrogens is 2. The molecule has 3 nitrogen and oxygen atoms in total. The van der Waals surface area contributed by atoms with E-state index < -0.39 is 0 Å². The molecule has 1 aromatic heterocycles. The van der Waals surface area contributed by atoms with Crippen LogP contribution < -0.4 is 0 Å². The largest absolute Gasteiger partial charge is 0.390 e. The maximum absolute atomic E-state index is 8.91. The summed E-state index contributed by atoms with van der Waals surface area (Å²) in [5.74, 6) is 0.722. The Kier molecular flexibility index (Phi) is 3.28. The first-order chi connectivity index (χ1) is 7.19. The molecule has 0 amide bonds. The number of aromatic amines is 1. The average molecular weight is 335 g/mol. The molecule has 15 heavy (non-hydrogen) atoms. The highest BCUT2D eigenvalue weighted by Crippen LogP contribution is 2.23. The first kappa shape index (κ1) is 10.9. The van der Waals surface area contributed by atoms with Crippen molar-refractivity contribution in [3.8, 4) is 11.4 Å². The Bertz CT molecular complexity index is 464. The lowest BCUT2D eigenvalue weighted by atomic mass is 10.2. The Morgan fingerprint density at radius 3 is 2.80 bits per heavy atom. The van der Waals surface area contributed by atoms with Crippen molar-refractivity contribution in [2.24, 2.45) is 0 Å². The highest BCUT2D eigenvalue weighted by molar-refractivity contribution is 14.1. The minimum atomic E-state index is -0.0370. The molecule has 5 heteroatoms. The highest BCUT2D eigenvalue weighted by Gasteiger charge is 2.04. The summed E-state index contributed by atoms with van der Waals surface area (Å²) in [6, 6.07) is 5.69. The summed E-state index contributed by atoms with van der Waals surface area (Å²) in [5, 5.41) is 9.59. The molecule has 1 heterocycles. The van der Waals surface area contributed by atoms with E-state index in [1.165, 1.54) is 0 Å². The molecule has 0 atom stereocenters. The average Bonchev–Trinajstić information content (AvgIpc) is 2.64. The third-order valence-electron chi connectivity index (χ3n) is 1.93. The Hall–Kier alpha value is -0.590. The second-order valence-corrected chi connectivity index (χ2v) is 4.76. The fraction of sp³-hybridized carbons (Fsp3) is 0.100. The molecule has 0 unspecified atom stereocenters. The zero-order chi connectivity index (χ0) is 10.8. The molecule has 2 rings (SSSR count). The summed E-state index contributed by atoms with van der Waals surface area (Å²) < 4.78 is 1.05. The number of aliphatic hydroxyl groups is 1. The topological polar surface area (TPSA) is 48.9 Å². The molecule has 0 saturated heterocycles. The number of rotatable bonds is 2. The van der Waals surface area contributed by atoms with Crippen molar-refractivity contribution in [3.05, 3.63) is 38.7 Å². The third-order valence-corrected chi connectivity index (χ3v) is 2.78.